The van der Waals surface area contributed by atoms with Crippen LogP contribution in [0.3, 0.4) is 0 Å². The Kier molecular flexibility index (Phi) is 6.00. The predicted molar refractivity (Wildman–Crippen MR) is 89.9 cm³/mol. The average Bonchev–Trinajstić information content (AvgIpc) is 2.58. The molecule has 5 nitrogen and oxygen atoms in total. The van der Waals surface area contributed by atoms with Crippen LogP contribution in [0.2, 0.25) is 0 Å². The Balaban J connectivity index is 1.86. The van der Waals surface area contributed by atoms with Crippen molar-refractivity contribution < 1.29 is 14.3 Å². The minimum absolute atomic E-state index is 0.405. The van der Waals surface area contributed by atoms with Crippen molar-refractivity contribution in [1.82, 2.24) is 5.32 Å². The maximum atomic E-state index is 11.2. The standard InChI is InChI=1S/C18H22N2O3/c1-22-16-7-6-13(11-17(16)23-2)8-9-20-12-14-4-3-5-15(10-14)18(19)21/h3-7,10-11,20H,8-9,12H2,1-2H3,(H2,19,21). The minimum Gasteiger partial charge on any atom is -0.493 e. The third kappa shape index (κ3) is 4.72. The molecule has 0 aliphatic carbocycles. The Labute approximate surface area is 136 Å². The van der Waals surface area contributed by atoms with E-state index in [1.54, 1.807) is 20.3 Å². The van der Waals surface area contributed by atoms with Crippen LogP contribution in [0.4, 0.5) is 0 Å². The van der Waals surface area contributed by atoms with Crippen LogP contribution >= 0.6 is 0 Å². The molecular formula is C18H22N2O3. The zero-order valence-electron chi connectivity index (χ0n) is 13.5. The molecule has 0 fully saturated rings. The van der Waals surface area contributed by atoms with Crippen LogP contribution in [-0.4, -0.2) is 26.7 Å². The molecular weight excluding hydrogens is 292 g/mol. The van der Waals surface area contributed by atoms with Crippen LogP contribution in [0.5, 0.6) is 11.5 Å². The highest BCUT2D eigenvalue weighted by Crippen LogP contribution is 2.27. The first-order chi connectivity index (χ1) is 11.1. The Morgan fingerprint density at radius 2 is 1.83 bits per heavy atom. The molecule has 0 saturated heterocycles. The molecule has 1 amide bonds. The Morgan fingerprint density at radius 1 is 1.04 bits per heavy atom. The summed E-state index contributed by atoms with van der Waals surface area (Å²) in [5.74, 6) is 1.06. The van der Waals surface area contributed by atoms with Gasteiger partial charge in [-0.2, -0.15) is 0 Å². The Morgan fingerprint density at radius 3 is 2.52 bits per heavy atom. The molecule has 0 aliphatic rings. The SMILES string of the molecule is COc1ccc(CCNCc2cccc(C(N)=O)c2)cc1OC. The van der Waals surface area contributed by atoms with E-state index >= 15 is 0 Å². The van der Waals surface area contributed by atoms with E-state index in [2.05, 4.69) is 5.32 Å². The molecule has 0 saturated carbocycles. The normalized spacial score (nSPS) is 10.3. The van der Waals surface area contributed by atoms with Gasteiger partial charge in [0, 0.05) is 12.1 Å². The van der Waals surface area contributed by atoms with E-state index in [0.717, 1.165) is 30.0 Å². The van der Waals surface area contributed by atoms with Crippen LogP contribution in [0, 0.1) is 0 Å². The van der Waals surface area contributed by atoms with E-state index in [-0.39, 0.29) is 0 Å². The summed E-state index contributed by atoms with van der Waals surface area (Å²) in [5.41, 5.74) is 8.02. The van der Waals surface area contributed by atoms with Crippen LogP contribution < -0.4 is 20.5 Å². The zero-order valence-corrected chi connectivity index (χ0v) is 13.5. The zero-order chi connectivity index (χ0) is 16.7. The van der Waals surface area contributed by atoms with Crippen LogP contribution in [0.15, 0.2) is 42.5 Å². The summed E-state index contributed by atoms with van der Waals surface area (Å²) in [6.45, 7) is 1.50. The fourth-order valence-corrected chi connectivity index (χ4v) is 2.34. The van der Waals surface area contributed by atoms with E-state index in [1.165, 1.54) is 5.56 Å². The topological polar surface area (TPSA) is 73.6 Å². The van der Waals surface area contributed by atoms with Gasteiger partial charge in [0.15, 0.2) is 11.5 Å². The number of nitrogens with two attached hydrogens (primary N) is 1. The molecule has 0 radical (unpaired) electrons. The molecule has 0 aliphatic heterocycles. The van der Waals surface area contributed by atoms with Gasteiger partial charge < -0.3 is 20.5 Å². The monoisotopic (exact) mass is 314 g/mol. The molecule has 23 heavy (non-hydrogen) atoms. The Bertz CT molecular complexity index is 671. The predicted octanol–water partition coefficient (Wildman–Crippen LogP) is 2.13. The van der Waals surface area contributed by atoms with Crippen LogP contribution in [-0.2, 0) is 13.0 Å². The van der Waals surface area contributed by atoms with Crippen molar-refractivity contribution in [3.63, 3.8) is 0 Å². The van der Waals surface area contributed by atoms with Crippen LogP contribution in [0.25, 0.3) is 0 Å². The molecule has 2 rings (SSSR count). The van der Waals surface area contributed by atoms with Crippen molar-refractivity contribution in [2.24, 2.45) is 5.73 Å². The largest absolute Gasteiger partial charge is 0.493 e. The summed E-state index contributed by atoms with van der Waals surface area (Å²) in [4.78, 5) is 11.2. The third-order valence-corrected chi connectivity index (χ3v) is 3.58. The minimum atomic E-state index is -0.405. The smallest absolute Gasteiger partial charge is 0.248 e. The summed E-state index contributed by atoms with van der Waals surface area (Å²) in [6.07, 6.45) is 0.871. The number of benzene rings is 2. The van der Waals surface area contributed by atoms with Crippen LogP contribution in [0.1, 0.15) is 21.5 Å². The highest BCUT2D eigenvalue weighted by Gasteiger charge is 2.05. The number of hydrogen-bond acceptors (Lipinski definition) is 4. The molecule has 0 aromatic heterocycles. The van der Waals surface area contributed by atoms with Crippen molar-refractivity contribution >= 4 is 5.91 Å². The molecule has 3 N–H and O–H groups in total. The highest BCUT2D eigenvalue weighted by molar-refractivity contribution is 5.92. The number of carbonyl (C=O) groups excluding carboxylic acids is 1. The number of rotatable bonds is 8. The first kappa shape index (κ1) is 16.8. The maximum absolute atomic E-state index is 11.2. The van der Waals surface area contributed by atoms with E-state index in [0.29, 0.717) is 12.1 Å². The van der Waals surface area contributed by atoms with Gasteiger partial charge in [0.25, 0.3) is 0 Å². The van der Waals surface area contributed by atoms with Gasteiger partial charge in [-0.1, -0.05) is 18.2 Å². The Hall–Kier alpha value is -2.53. The molecule has 0 spiro atoms. The molecule has 5 heteroatoms. The lowest BCUT2D eigenvalue weighted by molar-refractivity contribution is 0.1000. The van der Waals surface area contributed by atoms with Crippen molar-refractivity contribution in [1.29, 1.82) is 0 Å². The highest BCUT2D eigenvalue weighted by atomic mass is 16.5. The lowest BCUT2D eigenvalue weighted by Crippen LogP contribution is -2.17. The van der Waals surface area contributed by atoms with E-state index in [4.69, 9.17) is 15.2 Å². The molecule has 0 unspecified atom stereocenters. The van der Waals surface area contributed by atoms with Gasteiger partial charge in [-0.05, 0) is 48.4 Å². The first-order valence-corrected chi connectivity index (χ1v) is 7.44. The second-order valence-electron chi connectivity index (χ2n) is 5.18. The summed E-state index contributed by atoms with van der Waals surface area (Å²) < 4.78 is 10.5. The fourth-order valence-electron chi connectivity index (χ4n) is 2.34. The van der Waals surface area contributed by atoms with Gasteiger partial charge in [-0.15, -0.1) is 0 Å². The number of nitrogens with one attached hydrogen (secondary N) is 1. The number of carbonyl (C=O) groups is 1. The lowest BCUT2D eigenvalue weighted by Gasteiger charge is -2.10. The quantitative estimate of drug-likeness (QED) is 0.732. The first-order valence-electron chi connectivity index (χ1n) is 7.44. The van der Waals surface area contributed by atoms with E-state index in [9.17, 15) is 4.79 Å². The maximum Gasteiger partial charge on any atom is 0.248 e. The number of primary amides is 1. The van der Waals surface area contributed by atoms with Gasteiger partial charge in [0.05, 0.1) is 14.2 Å². The average molecular weight is 314 g/mol. The van der Waals surface area contributed by atoms with Crippen molar-refractivity contribution in [3.8, 4) is 11.5 Å². The number of ether oxygens (including phenoxy) is 2. The van der Waals surface area contributed by atoms with Gasteiger partial charge in [0.2, 0.25) is 5.91 Å². The second kappa shape index (κ2) is 8.19. The van der Waals surface area contributed by atoms with Gasteiger partial charge in [-0.3, -0.25) is 4.79 Å². The molecule has 2 aromatic carbocycles. The number of methoxy groups -OCH3 is 2. The van der Waals surface area contributed by atoms with Crippen molar-refractivity contribution in [2.45, 2.75) is 13.0 Å². The van der Waals surface area contributed by atoms with E-state index in [1.807, 2.05) is 36.4 Å². The number of hydrogen-bond donors (Lipinski definition) is 2. The summed E-state index contributed by atoms with van der Waals surface area (Å²) in [7, 11) is 3.25. The summed E-state index contributed by atoms with van der Waals surface area (Å²) in [6, 6.07) is 13.2. The van der Waals surface area contributed by atoms with Gasteiger partial charge >= 0.3 is 0 Å². The van der Waals surface area contributed by atoms with Crippen molar-refractivity contribution in [2.75, 3.05) is 20.8 Å². The van der Waals surface area contributed by atoms with E-state index < -0.39 is 5.91 Å². The molecule has 122 valence electrons. The molecule has 2 aromatic rings. The third-order valence-electron chi connectivity index (χ3n) is 3.58. The fraction of sp³-hybridized carbons (Fsp3) is 0.278. The van der Waals surface area contributed by atoms with Crippen molar-refractivity contribution in [3.05, 3.63) is 59.2 Å². The van der Waals surface area contributed by atoms with Gasteiger partial charge in [0.1, 0.15) is 0 Å². The molecule has 0 bridgehead atoms. The molecule has 0 atom stereocenters. The lowest BCUT2D eigenvalue weighted by atomic mass is 10.1. The van der Waals surface area contributed by atoms with Gasteiger partial charge in [-0.25, -0.2) is 0 Å². The molecule has 0 heterocycles. The second-order valence-corrected chi connectivity index (χ2v) is 5.18. The number of amides is 1. The summed E-state index contributed by atoms with van der Waals surface area (Å²) >= 11 is 0. The summed E-state index contributed by atoms with van der Waals surface area (Å²) in [5, 5.41) is 3.36.